The van der Waals surface area contributed by atoms with Crippen LogP contribution in [0.3, 0.4) is 0 Å². The van der Waals surface area contributed by atoms with E-state index >= 15 is 0 Å². The fourth-order valence-corrected chi connectivity index (χ4v) is 3.27. The molecule has 2 aliphatic rings. The van der Waals surface area contributed by atoms with Gasteiger partial charge in [-0.1, -0.05) is 19.1 Å². The normalized spacial score (nSPS) is 19.7. The molecule has 2 amide bonds. The van der Waals surface area contributed by atoms with E-state index in [1.165, 1.54) is 0 Å². The van der Waals surface area contributed by atoms with Crippen LogP contribution >= 0.6 is 0 Å². The fourth-order valence-electron chi connectivity index (χ4n) is 3.27. The minimum Gasteiger partial charge on any atom is -0.492 e. The molecule has 3 rings (SSSR count). The smallest absolute Gasteiger partial charge is 0.240 e. The van der Waals surface area contributed by atoms with Crippen LogP contribution in [0.15, 0.2) is 24.3 Å². The first-order valence-electron chi connectivity index (χ1n) is 8.89. The lowest BCUT2D eigenvalue weighted by Crippen LogP contribution is -2.46. The first-order valence-corrected chi connectivity index (χ1v) is 8.89. The molecule has 1 aliphatic heterocycles. The van der Waals surface area contributed by atoms with Crippen molar-refractivity contribution in [3.05, 3.63) is 24.3 Å². The maximum Gasteiger partial charge on any atom is 0.240 e. The lowest BCUT2D eigenvalue weighted by atomic mass is 9.96. The van der Waals surface area contributed by atoms with E-state index in [0.29, 0.717) is 36.8 Å². The summed E-state index contributed by atoms with van der Waals surface area (Å²) in [6.07, 6.45) is 3.33. The molecular formula is C19H26N2O3. The second-order valence-electron chi connectivity index (χ2n) is 6.94. The van der Waals surface area contributed by atoms with Crippen LogP contribution in [0, 0.1) is 11.3 Å². The Labute approximate surface area is 143 Å². The van der Waals surface area contributed by atoms with Crippen LogP contribution in [0.25, 0.3) is 0 Å². The van der Waals surface area contributed by atoms with Crippen LogP contribution in [0.5, 0.6) is 5.75 Å². The second-order valence-corrected chi connectivity index (χ2v) is 6.94. The van der Waals surface area contributed by atoms with E-state index in [1.54, 1.807) is 0 Å². The Kier molecular flexibility index (Phi) is 4.78. The van der Waals surface area contributed by atoms with Crippen LogP contribution in [0.2, 0.25) is 0 Å². The monoisotopic (exact) mass is 330 g/mol. The highest BCUT2D eigenvalue weighted by Crippen LogP contribution is 2.49. The topological polar surface area (TPSA) is 58.6 Å². The summed E-state index contributed by atoms with van der Waals surface area (Å²) in [5.41, 5.74) is -0.226. The van der Waals surface area contributed by atoms with Crippen LogP contribution in [-0.2, 0) is 9.59 Å². The summed E-state index contributed by atoms with van der Waals surface area (Å²) >= 11 is 0. The number of anilines is 1. The van der Waals surface area contributed by atoms with Crippen molar-refractivity contribution in [1.29, 1.82) is 0 Å². The van der Waals surface area contributed by atoms with E-state index in [2.05, 4.69) is 12.2 Å². The van der Waals surface area contributed by atoms with Crippen LogP contribution in [0.4, 0.5) is 5.69 Å². The van der Waals surface area contributed by atoms with Gasteiger partial charge in [0.1, 0.15) is 11.2 Å². The molecule has 0 unspecified atom stereocenters. The van der Waals surface area contributed by atoms with E-state index in [1.807, 2.05) is 36.1 Å². The molecule has 5 heteroatoms. The standard InChI is InChI=1S/C19H26N2O3/c1-3-24-16-7-5-4-6-15(16)20-17(22)19(10-11-19)18(23)21-12-8-14(2)9-13-21/h4-7,14H,3,8-13H2,1-2H3,(H,20,22). The molecule has 1 aromatic rings. The number of amides is 2. The largest absolute Gasteiger partial charge is 0.492 e. The average Bonchev–Trinajstić information content (AvgIpc) is 3.39. The molecule has 0 bridgehead atoms. The predicted molar refractivity (Wildman–Crippen MR) is 92.9 cm³/mol. The maximum atomic E-state index is 12.9. The summed E-state index contributed by atoms with van der Waals surface area (Å²) in [6, 6.07) is 7.36. The molecule has 1 saturated heterocycles. The Balaban J connectivity index is 1.69. The van der Waals surface area contributed by atoms with Crippen molar-refractivity contribution in [1.82, 2.24) is 4.90 Å². The summed E-state index contributed by atoms with van der Waals surface area (Å²) in [7, 11) is 0. The Bertz CT molecular complexity index is 617. The molecule has 0 radical (unpaired) electrons. The zero-order valence-corrected chi connectivity index (χ0v) is 14.5. The minimum absolute atomic E-state index is 0.000732. The number of para-hydroxylation sites is 2. The van der Waals surface area contributed by atoms with Crippen molar-refractivity contribution in [3.63, 3.8) is 0 Å². The molecule has 1 aliphatic carbocycles. The van der Waals surface area contributed by atoms with Gasteiger partial charge in [-0.25, -0.2) is 0 Å². The zero-order chi connectivity index (χ0) is 17.2. The molecular weight excluding hydrogens is 304 g/mol. The van der Waals surface area contributed by atoms with E-state index in [9.17, 15) is 9.59 Å². The molecule has 1 heterocycles. The number of likely N-dealkylation sites (tertiary alicyclic amines) is 1. The molecule has 2 fully saturated rings. The molecule has 0 aromatic heterocycles. The highest BCUT2D eigenvalue weighted by molar-refractivity contribution is 6.13. The number of hydrogen-bond donors (Lipinski definition) is 1. The van der Waals surface area contributed by atoms with Crippen LogP contribution < -0.4 is 10.1 Å². The van der Waals surface area contributed by atoms with E-state index in [0.717, 1.165) is 25.9 Å². The van der Waals surface area contributed by atoms with E-state index in [-0.39, 0.29) is 11.8 Å². The van der Waals surface area contributed by atoms with Crippen molar-refractivity contribution in [3.8, 4) is 5.75 Å². The Hall–Kier alpha value is -2.04. The van der Waals surface area contributed by atoms with Crippen LogP contribution in [-0.4, -0.2) is 36.4 Å². The van der Waals surface area contributed by atoms with Gasteiger partial charge in [-0.05, 0) is 50.7 Å². The number of benzene rings is 1. The SMILES string of the molecule is CCOc1ccccc1NC(=O)C1(C(=O)N2CCC(C)CC2)CC1. The third-order valence-electron chi connectivity index (χ3n) is 5.10. The summed E-state index contributed by atoms with van der Waals surface area (Å²) < 4.78 is 5.55. The van der Waals surface area contributed by atoms with Crippen molar-refractivity contribution < 1.29 is 14.3 Å². The summed E-state index contributed by atoms with van der Waals surface area (Å²) in [5.74, 6) is 1.11. The predicted octanol–water partition coefficient (Wildman–Crippen LogP) is 3.06. The van der Waals surface area contributed by atoms with Gasteiger partial charge < -0.3 is 15.0 Å². The number of nitrogens with one attached hydrogen (secondary N) is 1. The van der Waals surface area contributed by atoms with Crippen molar-refractivity contribution in [2.45, 2.75) is 39.5 Å². The molecule has 130 valence electrons. The number of hydrogen-bond acceptors (Lipinski definition) is 3. The van der Waals surface area contributed by atoms with Gasteiger partial charge >= 0.3 is 0 Å². The van der Waals surface area contributed by atoms with E-state index < -0.39 is 5.41 Å². The average molecular weight is 330 g/mol. The summed E-state index contributed by atoms with van der Waals surface area (Å²) in [4.78, 5) is 27.5. The van der Waals surface area contributed by atoms with Gasteiger partial charge in [0.05, 0.1) is 12.3 Å². The Morgan fingerprint density at radius 2 is 1.92 bits per heavy atom. The van der Waals surface area contributed by atoms with Gasteiger partial charge in [-0.3, -0.25) is 9.59 Å². The van der Waals surface area contributed by atoms with Crippen molar-refractivity contribution in [2.24, 2.45) is 11.3 Å². The lowest BCUT2D eigenvalue weighted by Gasteiger charge is -2.32. The Morgan fingerprint density at radius 1 is 1.25 bits per heavy atom. The minimum atomic E-state index is -0.861. The number of carbonyl (C=O) groups excluding carboxylic acids is 2. The Morgan fingerprint density at radius 3 is 2.54 bits per heavy atom. The first-order chi connectivity index (χ1) is 11.6. The molecule has 1 saturated carbocycles. The maximum absolute atomic E-state index is 12.9. The number of piperidine rings is 1. The number of carbonyl (C=O) groups is 2. The van der Waals surface area contributed by atoms with Gasteiger partial charge in [0, 0.05) is 13.1 Å². The van der Waals surface area contributed by atoms with Crippen molar-refractivity contribution >= 4 is 17.5 Å². The van der Waals surface area contributed by atoms with Crippen molar-refractivity contribution in [2.75, 3.05) is 25.0 Å². The van der Waals surface area contributed by atoms with Gasteiger partial charge in [-0.2, -0.15) is 0 Å². The highest BCUT2D eigenvalue weighted by Gasteiger charge is 2.58. The van der Waals surface area contributed by atoms with Gasteiger partial charge in [0.15, 0.2) is 0 Å². The number of nitrogens with zero attached hydrogens (tertiary/aromatic N) is 1. The van der Waals surface area contributed by atoms with E-state index in [4.69, 9.17) is 4.74 Å². The molecule has 24 heavy (non-hydrogen) atoms. The molecule has 1 N–H and O–H groups in total. The van der Waals surface area contributed by atoms with Gasteiger partial charge in [-0.15, -0.1) is 0 Å². The highest BCUT2D eigenvalue weighted by atomic mass is 16.5. The molecule has 5 nitrogen and oxygen atoms in total. The van der Waals surface area contributed by atoms with Crippen LogP contribution in [0.1, 0.15) is 39.5 Å². The van der Waals surface area contributed by atoms with Gasteiger partial charge in [0.2, 0.25) is 11.8 Å². The number of ether oxygens (including phenoxy) is 1. The molecule has 0 spiro atoms. The quantitative estimate of drug-likeness (QED) is 0.844. The fraction of sp³-hybridized carbons (Fsp3) is 0.579. The lowest BCUT2D eigenvalue weighted by molar-refractivity contribution is -0.143. The first kappa shape index (κ1) is 16.8. The summed E-state index contributed by atoms with van der Waals surface area (Å²) in [5, 5.41) is 2.92. The third kappa shape index (κ3) is 3.25. The second kappa shape index (κ2) is 6.83. The van der Waals surface area contributed by atoms with Gasteiger partial charge in [0.25, 0.3) is 0 Å². The molecule has 1 aromatic carbocycles. The molecule has 0 atom stereocenters. The third-order valence-corrected chi connectivity index (χ3v) is 5.10. The summed E-state index contributed by atoms with van der Waals surface area (Å²) in [6.45, 7) is 6.19. The zero-order valence-electron chi connectivity index (χ0n) is 14.5. The number of rotatable bonds is 5.